The lowest BCUT2D eigenvalue weighted by atomic mass is 10.1. The second-order valence-corrected chi connectivity index (χ2v) is 8.61. The van der Waals surface area contributed by atoms with Crippen molar-refractivity contribution in [1.82, 2.24) is 5.32 Å². The minimum atomic E-state index is -0.275. The van der Waals surface area contributed by atoms with Crippen LogP contribution in [0.15, 0.2) is 78.9 Å². The van der Waals surface area contributed by atoms with E-state index >= 15 is 0 Å². The second kappa shape index (κ2) is 9.35. The topological polar surface area (TPSA) is 78.5 Å². The van der Waals surface area contributed by atoms with E-state index in [2.05, 4.69) is 16.7 Å². The highest BCUT2D eigenvalue weighted by molar-refractivity contribution is 6.08. The van der Waals surface area contributed by atoms with E-state index in [9.17, 15) is 14.4 Å². The van der Waals surface area contributed by atoms with Gasteiger partial charge in [0, 0.05) is 41.2 Å². The van der Waals surface area contributed by atoms with Gasteiger partial charge in [0.05, 0.1) is 0 Å². The fourth-order valence-corrected chi connectivity index (χ4v) is 4.00. The van der Waals surface area contributed by atoms with Crippen molar-refractivity contribution in [2.24, 2.45) is 0 Å². The van der Waals surface area contributed by atoms with Crippen molar-refractivity contribution in [3.05, 3.63) is 101 Å². The van der Waals surface area contributed by atoms with Gasteiger partial charge in [0.15, 0.2) is 0 Å². The Bertz CT molecular complexity index is 1260. The monoisotopic (exact) mass is 451 g/mol. The van der Waals surface area contributed by atoms with Gasteiger partial charge in [0.1, 0.15) is 0 Å². The summed E-state index contributed by atoms with van der Waals surface area (Å²) in [6.45, 7) is 0.674. The van der Waals surface area contributed by atoms with Crippen LogP contribution < -0.4 is 15.5 Å². The van der Waals surface area contributed by atoms with Crippen molar-refractivity contribution in [2.45, 2.75) is 25.3 Å². The second-order valence-electron chi connectivity index (χ2n) is 8.61. The molecule has 3 amide bonds. The standard InChI is InChI=1S/C28H25N3O3/c32-26(16-7-19-5-8-21(9-6-19)27(33)30-24-14-15-24)29-23-12-10-22(11-13-23)28(34)31-18-17-20-3-1-2-4-25(20)31/h1-13,16,24H,14-15,17-18H2,(H,29,32)(H,30,33)/b16-7+. The Hall–Kier alpha value is -4.19. The number of amides is 3. The number of hydrogen-bond donors (Lipinski definition) is 2. The molecule has 1 aliphatic carbocycles. The summed E-state index contributed by atoms with van der Waals surface area (Å²) >= 11 is 0. The summed E-state index contributed by atoms with van der Waals surface area (Å²) in [5.41, 5.74) is 4.77. The summed E-state index contributed by atoms with van der Waals surface area (Å²) in [5.74, 6) is -0.383. The molecule has 2 aliphatic rings. The summed E-state index contributed by atoms with van der Waals surface area (Å²) in [7, 11) is 0. The number of para-hydroxylation sites is 1. The molecule has 6 heteroatoms. The van der Waals surface area contributed by atoms with Crippen LogP contribution in [-0.4, -0.2) is 30.3 Å². The van der Waals surface area contributed by atoms with Crippen molar-refractivity contribution in [1.29, 1.82) is 0 Å². The van der Waals surface area contributed by atoms with Crippen molar-refractivity contribution in [3.63, 3.8) is 0 Å². The van der Waals surface area contributed by atoms with Gasteiger partial charge in [-0.3, -0.25) is 14.4 Å². The Morgan fingerprint density at radius 1 is 0.853 bits per heavy atom. The van der Waals surface area contributed by atoms with Crippen molar-refractivity contribution < 1.29 is 14.4 Å². The average molecular weight is 452 g/mol. The Morgan fingerprint density at radius 3 is 2.29 bits per heavy atom. The average Bonchev–Trinajstić information content (AvgIpc) is 3.58. The molecular formula is C28H25N3O3. The van der Waals surface area contributed by atoms with Crippen LogP contribution in [0.5, 0.6) is 0 Å². The zero-order chi connectivity index (χ0) is 23.5. The zero-order valence-electron chi connectivity index (χ0n) is 18.7. The number of nitrogens with one attached hydrogen (secondary N) is 2. The van der Waals surface area contributed by atoms with Crippen molar-refractivity contribution in [3.8, 4) is 0 Å². The molecule has 3 aromatic rings. The number of rotatable bonds is 6. The third-order valence-electron chi connectivity index (χ3n) is 6.04. The first-order chi connectivity index (χ1) is 16.6. The van der Waals surface area contributed by atoms with Crippen LogP contribution in [0.25, 0.3) is 6.08 Å². The number of carbonyl (C=O) groups excluding carboxylic acids is 3. The third kappa shape index (κ3) is 4.91. The van der Waals surface area contributed by atoms with E-state index in [1.54, 1.807) is 47.4 Å². The zero-order valence-corrected chi connectivity index (χ0v) is 18.7. The quantitative estimate of drug-likeness (QED) is 0.544. The first-order valence-electron chi connectivity index (χ1n) is 11.5. The van der Waals surface area contributed by atoms with Gasteiger partial charge in [-0.25, -0.2) is 0 Å². The van der Waals surface area contributed by atoms with Gasteiger partial charge in [0.2, 0.25) is 5.91 Å². The van der Waals surface area contributed by atoms with Crippen LogP contribution in [0, 0.1) is 0 Å². The molecule has 0 unspecified atom stereocenters. The normalized spacial score (nSPS) is 14.6. The molecule has 170 valence electrons. The minimum Gasteiger partial charge on any atom is -0.349 e. The SMILES string of the molecule is O=C(/C=C/c1ccc(C(=O)NC2CC2)cc1)Nc1ccc(C(=O)N2CCc3ccccc32)cc1. The van der Waals surface area contributed by atoms with Gasteiger partial charge in [-0.1, -0.05) is 30.3 Å². The molecule has 0 saturated heterocycles. The van der Waals surface area contributed by atoms with E-state index in [4.69, 9.17) is 0 Å². The Balaban J connectivity index is 1.16. The summed E-state index contributed by atoms with van der Waals surface area (Å²) < 4.78 is 0. The first-order valence-corrected chi connectivity index (χ1v) is 11.5. The predicted molar refractivity (Wildman–Crippen MR) is 133 cm³/mol. The summed E-state index contributed by atoms with van der Waals surface area (Å²) in [6, 6.07) is 22.3. The smallest absolute Gasteiger partial charge is 0.258 e. The van der Waals surface area contributed by atoms with Crippen molar-refractivity contribution in [2.75, 3.05) is 16.8 Å². The van der Waals surface area contributed by atoms with E-state index < -0.39 is 0 Å². The Morgan fingerprint density at radius 2 is 1.56 bits per heavy atom. The molecule has 1 aliphatic heterocycles. The van der Waals surface area contributed by atoms with Gasteiger partial charge < -0.3 is 15.5 Å². The molecule has 2 N–H and O–H groups in total. The van der Waals surface area contributed by atoms with Gasteiger partial charge in [-0.15, -0.1) is 0 Å². The molecule has 5 rings (SSSR count). The van der Waals surface area contributed by atoms with E-state index in [0.29, 0.717) is 29.4 Å². The molecule has 1 heterocycles. The maximum Gasteiger partial charge on any atom is 0.258 e. The molecule has 1 saturated carbocycles. The molecule has 6 nitrogen and oxygen atoms in total. The summed E-state index contributed by atoms with van der Waals surface area (Å²) in [5, 5.41) is 5.76. The van der Waals surface area contributed by atoms with E-state index in [1.807, 2.05) is 30.3 Å². The van der Waals surface area contributed by atoms with Crippen LogP contribution in [-0.2, 0) is 11.2 Å². The number of hydrogen-bond acceptors (Lipinski definition) is 3. The lowest BCUT2D eigenvalue weighted by molar-refractivity contribution is -0.111. The predicted octanol–water partition coefficient (Wildman–Crippen LogP) is 4.43. The molecule has 34 heavy (non-hydrogen) atoms. The van der Waals surface area contributed by atoms with Crippen LogP contribution >= 0.6 is 0 Å². The molecular weight excluding hydrogens is 426 g/mol. The number of fused-ring (bicyclic) bond motifs is 1. The van der Waals surface area contributed by atoms with Crippen molar-refractivity contribution >= 4 is 35.2 Å². The molecule has 0 atom stereocenters. The molecule has 0 bridgehead atoms. The highest BCUT2D eigenvalue weighted by Crippen LogP contribution is 2.29. The lowest BCUT2D eigenvalue weighted by Crippen LogP contribution is -2.28. The van der Waals surface area contributed by atoms with Gasteiger partial charge in [-0.05, 0) is 78.9 Å². The fraction of sp³-hybridized carbons (Fsp3) is 0.179. The number of nitrogens with zero attached hydrogens (tertiary/aromatic N) is 1. The van der Waals surface area contributed by atoms with Gasteiger partial charge in [-0.2, -0.15) is 0 Å². The highest BCUT2D eigenvalue weighted by atomic mass is 16.2. The van der Waals surface area contributed by atoms with Crippen LogP contribution in [0.1, 0.15) is 44.7 Å². The maximum absolute atomic E-state index is 12.9. The van der Waals surface area contributed by atoms with Crippen LogP contribution in [0.3, 0.4) is 0 Å². The van der Waals surface area contributed by atoms with Gasteiger partial charge >= 0.3 is 0 Å². The summed E-state index contributed by atoms with van der Waals surface area (Å²) in [6.07, 6.45) is 6.10. The maximum atomic E-state index is 12.9. The van der Waals surface area contributed by atoms with Crippen LogP contribution in [0.2, 0.25) is 0 Å². The Kier molecular flexibility index (Phi) is 5.95. The highest BCUT2D eigenvalue weighted by Gasteiger charge is 2.25. The number of benzene rings is 3. The number of anilines is 2. The van der Waals surface area contributed by atoms with E-state index in [1.165, 1.54) is 11.6 Å². The van der Waals surface area contributed by atoms with E-state index in [0.717, 1.165) is 30.5 Å². The third-order valence-corrected chi connectivity index (χ3v) is 6.04. The molecule has 0 aromatic heterocycles. The van der Waals surface area contributed by atoms with Gasteiger partial charge in [0.25, 0.3) is 11.8 Å². The number of carbonyl (C=O) groups is 3. The fourth-order valence-electron chi connectivity index (χ4n) is 4.00. The first kappa shape index (κ1) is 21.6. The van der Waals surface area contributed by atoms with E-state index in [-0.39, 0.29) is 17.7 Å². The largest absolute Gasteiger partial charge is 0.349 e. The van der Waals surface area contributed by atoms with Crippen LogP contribution in [0.4, 0.5) is 11.4 Å². The summed E-state index contributed by atoms with van der Waals surface area (Å²) in [4.78, 5) is 39.1. The minimum absolute atomic E-state index is 0.0445. The molecule has 0 spiro atoms. The molecule has 0 radical (unpaired) electrons. The Labute approximate surface area is 198 Å². The molecule has 1 fully saturated rings. The molecule has 3 aromatic carbocycles. The lowest BCUT2D eigenvalue weighted by Gasteiger charge is -2.17.